The second kappa shape index (κ2) is 5.01. The number of carbonyl (C=O) groups excluding carboxylic acids is 1. The van der Waals surface area contributed by atoms with Gasteiger partial charge in [0, 0.05) is 10.9 Å². The minimum atomic E-state index is -0.448. The molecule has 88 valence electrons. The van der Waals surface area contributed by atoms with Gasteiger partial charge >= 0.3 is 0 Å². The Labute approximate surface area is 111 Å². The van der Waals surface area contributed by atoms with Crippen molar-refractivity contribution >= 4 is 40.4 Å². The molecule has 0 aliphatic rings. The molecule has 17 heavy (non-hydrogen) atoms. The van der Waals surface area contributed by atoms with Crippen molar-refractivity contribution in [2.75, 3.05) is 0 Å². The molecule has 0 fully saturated rings. The molecule has 2 rings (SSSR count). The average molecular weight is 288 g/mol. The number of nitrogens with one attached hydrogen (secondary N) is 1. The van der Waals surface area contributed by atoms with E-state index in [1.165, 1.54) is 11.3 Å². The number of nitrogens with zero attached hydrogens (tertiary/aromatic N) is 1. The summed E-state index contributed by atoms with van der Waals surface area (Å²) in [6.45, 7) is 0. The summed E-state index contributed by atoms with van der Waals surface area (Å²) in [6.07, 6.45) is 0. The summed E-state index contributed by atoms with van der Waals surface area (Å²) in [6, 6.07) is 5.18. The SMILES string of the molecule is NNC(=O)c1csc(-c2c(Cl)cccc2Cl)n1. The van der Waals surface area contributed by atoms with Crippen molar-refractivity contribution in [1.29, 1.82) is 0 Å². The average Bonchev–Trinajstić information content (AvgIpc) is 2.77. The van der Waals surface area contributed by atoms with E-state index in [1.54, 1.807) is 23.6 Å². The fourth-order valence-corrected chi connectivity index (χ4v) is 2.83. The topological polar surface area (TPSA) is 68.0 Å². The fraction of sp³-hybridized carbons (Fsp3) is 0. The molecule has 0 aliphatic carbocycles. The first-order chi connectivity index (χ1) is 8.13. The molecular weight excluding hydrogens is 281 g/mol. The van der Waals surface area contributed by atoms with Crippen LogP contribution in [0, 0.1) is 0 Å². The van der Waals surface area contributed by atoms with Gasteiger partial charge in [0.25, 0.3) is 5.91 Å². The van der Waals surface area contributed by atoms with E-state index in [0.29, 0.717) is 20.6 Å². The van der Waals surface area contributed by atoms with Crippen LogP contribution in [0.15, 0.2) is 23.6 Å². The molecule has 2 aromatic rings. The van der Waals surface area contributed by atoms with E-state index < -0.39 is 5.91 Å². The molecule has 0 radical (unpaired) electrons. The summed E-state index contributed by atoms with van der Waals surface area (Å²) in [5.41, 5.74) is 2.88. The van der Waals surface area contributed by atoms with Gasteiger partial charge in [-0.3, -0.25) is 10.2 Å². The standard InChI is InChI=1S/C10H7Cl2N3OS/c11-5-2-1-3-6(12)8(5)10-14-7(4-17-10)9(16)15-13/h1-4H,13H2,(H,15,16). The molecule has 7 heteroatoms. The molecule has 1 amide bonds. The number of aromatic nitrogens is 1. The third-order valence-electron chi connectivity index (χ3n) is 2.04. The molecule has 0 unspecified atom stereocenters. The van der Waals surface area contributed by atoms with Crippen LogP contribution in [0.3, 0.4) is 0 Å². The van der Waals surface area contributed by atoms with E-state index in [9.17, 15) is 4.79 Å². The van der Waals surface area contributed by atoms with Crippen LogP contribution >= 0.6 is 34.5 Å². The molecule has 0 saturated carbocycles. The number of hydrazine groups is 1. The monoisotopic (exact) mass is 287 g/mol. The lowest BCUT2D eigenvalue weighted by molar-refractivity contribution is 0.0949. The molecule has 0 bridgehead atoms. The lowest BCUT2D eigenvalue weighted by Gasteiger charge is -2.02. The van der Waals surface area contributed by atoms with E-state index in [2.05, 4.69) is 4.98 Å². The van der Waals surface area contributed by atoms with Gasteiger partial charge in [-0.2, -0.15) is 0 Å². The summed E-state index contributed by atoms with van der Waals surface area (Å²) in [5, 5.41) is 3.16. The molecule has 0 aliphatic heterocycles. The van der Waals surface area contributed by atoms with Gasteiger partial charge in [-0.05, 0) is 12.1 Å². The lowest BCUT2D eigenvalue weighted by Crippen LogP contribution is -2.30. The summed E-state index contributed by atoms with van der Waals surface area (Å²) in [5.74, 6) is 4.58. The highest BCUT2D eigenvalue weighted by molar-refractivity contribution is 7.13. The number of carbonyl (C=O) groups is 1. The molecule has 1 aromatic heterocycles. The number of hydrogen-bond donors (Lipinski definition) is 2. The minimum Gasteiger partial charge on any atom is -0.289 e. The van der Waals surface area contributed by atoms with E-state index in [1.807, 2.05) is 5.43 Å². The molecule has 4 nitrogen and oxygen atoms in total. The van der Waals surface area contributed by atoms with Crippen molar-refractivity contribution in [3.05, 3.63) is 39.3 Å². The Kier molecular flexibility index (Phi) is 3.63. The first kappa shape index (κ1) is 12.3. The van der Waals surface area contributed by atoms with Gasteiger partial charge in [0.2, 0.25) is 0 Å². The Balaban J connectivity index is 2.47. The molecule has 1 heterocycles. The lowest BCUT2D eigenvalue weighted by atomic mass is 10.2. The second-order valence-corrected chi connectivity index (χ2v) is 4.78. The zero-order chi connectivity index (χ0) is 12.4. The smallest absolute Gasteiger partial charge is 0.284 e. The maximum absolute atomic E-state index is 11.3. The third-order valence-corrected chi connectivity index (χ3v) is 3.53. The van der Waals surface area contributed by atoms with Gasteiger partial charge in [-0.15, -0.1) is 11.3 Å². The number of amides is 1. The van der Waals surface area contributed by atoms with Crippen LogP contribution in [0.5, 0.6) is 0 Å². The summed E-state index contributed by atoms with van der Waals surface area (Å²) in [4.78, 5) is 15.4. The second-order valence-electron chi connectivity index (χ2n) is 3.11. The minimum absolute atomic E-state index is 0.239. The van der Waals surface area contributed by atoms with Crippen LogP contribution in [-0.4, -0.2) is 10.9 Å². The number of thiazole rings is 1. The zero-order valence-corrected chi connectivity index (χ0v) is 10.7. The van der Waals surface area contributed by atoms with Crippen molar-refractivity contribution in [3.8, 4) is 10.6 Å². The van der Waals surface area contributed by atoms with Gasteiger partial charge in [0.15, 0.2) is 0 Å². The number of benzene rings is 1. The molecule has 1 aromatic carbocycles. The first-order valence-corrected chi connectivity index (χ1v) is 6.18. The molecule has 0 spiro atoms. The van der Waals surface area contributed by atoms with Crippen LogP contribution in [0.4, 0.5) is 0 Å². The number of rotatable bonds is 2. The number of hydrogen-bond acceptors (Lipinski definition) is 4. The Hall–Kier alpha value is -1.14. The number of halogens is 2. The first-order valence-electron chi connectivity index (χ1n) is 4.54. The predicted molar refractivity (Wildman–Crippen MR) is 69.2 cm³/mol. The molecule has 3 N–H and O–H groups in total. The highest BCUT2D eigenvalue weighted by atomic mass is 35.5. The largest absolute Gasteiger partial charge is 0.289 e. The third kappa shape index (κ3) is 2.42. The van der Waals surface area contributed by atoms with Crippen LogP contribution in [0.2, 0.25) is 10.0 Å². The van der Waals surface area contributed by atoms with Gasteiger partial charge in [0.1, 0.15) is 10.7 Å². The van der Waals surface area contributed by atoms with Crippen LogP contribution in [-0.2, 0) is 0 Å². The highest BCUT2D eigenvalue weighted by Gasteiger charge is 2.15. The maximum Gasteiger partial charge on any atom is 0.284 e. The fourth-order valence-electron chi connectivity index (χ4n) is 1.27. The Bertz CT molecular complexity index is 550. The Morgan fingerprint density at radius 2 is 2.00 bits per heavy atom. The summed E-state index contributed by atoms with van der Waals surface area (Å²) >= 11 is 13.4. The summed E-state index contributed by atoms with van der Waals surface area (Å²) < 4.78 is 0. The van der Waals surface area contributed by atoms with E-state index in [0.717, 1.165) is 0 Å². The van der Waals surface area contributed by atoms with Crippen LogP contribution in [0.25, 0.3) is 10.6 Å². The van der Waals surface area contributed by atoms with Crippen molar-refractivity contribution in [2.24, 2.45) is 5.84 Å². The number of nitrogen functional groups attached to an aromatic ring is 1. The highest BCUT2D eigenvalue weighted by Crippen LogP contribution is 2.36. The molecule has 0 saturated heterocycles. The van der Waals surface area contributed by atoms with Gasteiger partial charge in [-0.25, -0.2) is 10.8 Å². The van der Waals surface area contributed by atoms with Crippen molar-refractivity contribution in [2.45, 2.75) is 0 Å². The number of nitrogens with two attached hydrogens (primary N) is 1. The summed E-state index contributed by atoms with van der Waals surface area (Å²) in [7, 11) is 0. The van der Waals surface area contributed by atoms with Crippen LogP contribution in [0.1, 0.15) is 10.5 Å². The van der Waals surface area contributed by atoms with E-state index in [-0.39, 0.29) is 5.69 Å². The normalized spacial score (nSPS) is 10.3. The quantitative estimate of drug-likeness (QED) is 0.507. The van der Waals surface area contributed by atoms with Crippen molar-refractivity contribution in [3.63, 3.8) is 0 Å². The Morgan fingerprint density at radius 1 is 1.35 bits per heavy atom. The zero-order valence-electron chi connectivity index (χ0n) is 8.41. The van der Waals surface area contributed by atoms with Crippen LogP contribution < -0.4 is 11.3 Å². The maximum atomic E-state index is 11.3. The molecular formula is C10H7Cl2N3OS. The van der Waals surface area contributed by atoms with Gasteiger partial charge in [-0.1, -0.05) is 29.3 Å². The van der Waals surface area contributed by atoms with E-state index >= 15 is 0 Å². The molecule has 0 atom stereocenters. The van der Waals surface area contributed by atoms with Crippen molar-refractivity contribution < 1.29 is 4.79 Å². The van der Waals surface area contributed by atoms with Crippen molar-refractivity contribution in [1.82, 2.24) is 10.4 Å². The van der Waals surface area contributed by atoms with Gasteiger partial charge < -0.3 is 0 Å². The van der Waals surface area contributed by atoms with Gasteiger partial charge in [0.05, 0.1) is 10.0 Å². The van der Waals surface area contributed by atoms with E-state index in [4.69, 9.17) is 29.0 Å². The predicted octanol–water partition coefficient (Wildman–Crippen LogP) is 2.72. The Morgan fingerprint density at radius 3 is 2.59 bits per heavy atom.